The molecule has 0 spiro atoms. The average Bonchev–Trinajstić information content (AvgIpc) is 3.49. The van der Waals surface area contributed by atoms with Gasteiger partial charge in [0.05, 0.1) is 15.5 Å². The Morgan fingerprint density at radius 3 is 2.61 bits per heavy atom. The first-order valence-electron chi connectivity index (χ1n) is 12.3. The van der Waals surface area contributed by atoms with Crippen LogP contribution in [0, 0.1) is 10.1 Å². The third kappa shape index (κ3) is 5.14. The lowest BCUT2D eigenvalue weighted by Gasteiger charge is -2.30. The van der Waals surface area contributed by atoms with Crippen LogP contribution < -0.4 is 0 Å². The van der Waals surface area contributed by atoms with Crippen LogP contribution in [0.5, 0.6) is 0 Å². The standard InChI is InChI=1S/C28H27N3O4S/c1-2-19-11-13-21(14-12-19)29-28-30(22-8-4-3-5-9-22)27(32)26(36-28)18-24-15-16-25(35-24)20-7-6-10-23(17-20)31(33)34/h6-7,10-18,22H,2-5,8-9H2,1H3/b26-18-,29-28?. The first-order valence-corrected chi connectivity index (χ1v) is 13.1. The van der Waals surface area contributed by atoms with Crippen molar-refractivity contribution in [2.75, 3.05) is 0 Å². The highest BCUT2D eigenvalue weighted by molar-refractivity contribution is 8.18. The van der Waals surface area contributed by atoms with E-state index in [0.29, 0.717) is 27.2 Å². The smallest absolute Gasteiger partial charge is 0.270 e. The lowest BCUT2D eigenvalue weighted by molar-refractivity contribution is -0.384. The molecule has 2 heterocycles. The van der Waals surface area contributed by atoms with Crippen molar-refractivity contribution in [3.05, 3.63) is 87.0 Å². The molecule has 184 valence electrons. The number of aliphatic imine (C=N–C) groups is 1. The molecule has 1 saturated carbocycles. The number of aryl methyl sites for hydroxylation is 1. The van der Waals surface area contributed by atoms with Crippen molar-refractivity contribution in [3.63, 3.8) is 0 Å². The molecule has 0 unspecified atom stereocenters. The quantitative estimate of drug-likeness (QED) is 0.200. The molecule has 3 aromatic rings. The fourth-order valence-electron chi connectivity index (χ4n) is 4.63. The molecule has 0 radical (unpaired) electrons. The Morgan fingerprint density at radius 2 is 1.89 bits per heavy atom. The number of furan rings is 1. The van der Waals surface area contributed by atoms with Crippen LogP contribution in [0.25, 0.3) is 17.4 Å². The largest absolute Gasteiger partial charge is 0.457 e. The van der Waals surface area contributed by atoms with Crippen LogP contribution in [0.4, 0.5) is 11.4 Å². The van der Waals surface area contributed by atoms with Gasteiger partial charge in [-0.15, -0.1) is 0 Å². The molecule has 0 atom stereocenters. The van der Waals surface area contributed by atoms with Crippen molar-refractivity contribution in [2.45, 2.75) is 51.5 Å². The average molecular weight is 502 g/mol. The van der Waals surface area contributed by atoms with Gasteiger partial charge in [-0.2, -0.15) is 0 Å². The summed E-state index contributed by atoms with van der Waals surface area (Å²) in [6.07, 6.45) is 8.09. The minimum atomic E-state index is -0.431. The Kier molecular flexibility index (Phi) is 7.04. The molecule has 1 saturated heterocycles. The molecule has 2 fully saturated rings. The van der Waals surface area contributed by atoms with Gasteiger partial charge in [-0.1, -0.05) is 50.5 Å². The maximum atomic E-state index is 13.5. The van der Waals surface area contributed by atoms with E-state index in [4.69, 9.17) is 9.41 Å². The Morgan fingerprint density at radius 1 is 1.11 bits per heavy atom. The molecule has 8 heteroatoms. The van der Waals surface area contributed by atoms with Crippen LogP contribution in [-0.4, -0.2) is 26.9 Å². The Labute approximate surface area is 214 Å². The highest BCUT2D eigenvalue weighted by Gasteiger charge is 2.38. The van der Waals surface area contributed by atoms with Crippen LogP contribution >= 0.6 is 11.8 Å². The van der Waals surface area contributed by atoms with E-state index >= 15 is 0 Å². The van der Waals surface area contributed by atoms with E-state index in [1.54, 1.807) is 30.3 Å². The van der Waals surface area contributed by atoms with Crippen LogP contribution in [-0.2, 0) is 11.2 Å². The fourth-order valence-corrected chi connectivity index (χ4v) is 5.67. The van der Waals surface area contributed by atoms with Gasteiger partial charge in [0.2, 0.25) is 0 Å². The Hall–Kier alpha value is -3.65. The number of nitro groups is 1. The second-order valence-corrected chi connectivity index (χ2v) is 10.0. The van der Waals surface area contributed by atoms with E-state index in [2.05, 4.69) is 19.1 Å². The number of non-ortho nitro benzene ring substituents is 1. The number of benzene rings is 2. The van der Waals surface area contributed by atoms with Gasteiger partial charge in [-0.25, -0.2) is 4.99 Å². The molecule has 1 aromatic heterocycles. The maximum Gasteiger partial charge on any atom is 0.270 e. The van der Waals surface area contributed by atoms with E-state index in [-0.39, 0.29) is 17.6 Å². The number of nitrogens with zero attached hydrogens (tertiary/aromatic N) is 3. The van der Waals surface area contributed by atoms with Gasteiger partial charge in [-0.05, 0) is 60.9 Å². The summed E-state index contributed by atoms with van der Waals surface area (Å²) in [5.41, 5.74) is 2.69. The monoisotopic (exact) mass is 501 g/mol. The summed E-state index contributed by atoms with van der Waals surface area (Å²) in [4.78, 5) is 31.5. The maximum absolute atomic E-state index is 13.5. The molecule has 5 rings (SSSR count). The van der Waals surface area contributed by atoms with Gasteiger partial charge in [0, 0.05) is 29.8 Å². The molecule has 2 aromatic carbocycles. The van der Waals surface area contributed by atoms with Gasteiger partial charge in [0.1, 0.15) is 11.5 Å². The topological polar surface area (TPSA) is 89.0 Å². The minimum Gasteiger partial charge on any atom is -0.457 e. The Balaban J connectivity index is 1.44. The van der Waals surface area contributed by atoms with Crippen molar-refractivity contribution in [2.24, 2.45) is 4.99 Å². The van der Waals surface area contributed by atoms with Crippen molar-refractivity contribution >= 4 is 40.3 Å². The van der Waals surface area contributed by atoms with E-state index in [9.17, 15) is 14.9 Å². The third-order valence-electron chi connectivity index (χ3n) is 6.59. The number of amidine groups is 1. The highest BCUT2D eigenvalue weighted by Crippen LogP contribution is 2.39. The summed E-state index contributed by atoms with van der Waals surface area (Å²) in [7, 11) is 0. The van der Waals surface area contributed by atoms with Crippen LogP contribution in [0.1, 0.15) is 50.4 Å². The van der Waals surface area contributed by atoms with E-state index in [1.165, 1.54) is 35.9 Å². The second-order valence-electron chi connectivity index (χ2n) is 9.00. The van der Waals surface area contributed by atoms with Crippen molar-refractivity contribution in [1.82, 2.24) is 4.90 Å². The lowest BCUT2D eigenvalue weighted by Crippen LogP contribution is -2.40. The SMILES string of the molecule is CCc1ccc(N=C2S/C(=C\c3ccc(-c4cccc([N+](=O)[O-])c4)o3)C(=O)N2C2CCCCC2)cc1. The number of carbonyl (C=O) groups excluding carboxylic acids is 1. The molecular weight excluding hydrogens is 474 g/mol. The van der Waals surface area contributed by atoms with Crippen molar-refractivity contribution in [1.29, 1.82) is 0 Å². The normalized spacial score (nSPS) is 18.9. The number of thioether (sulfide) groups is 1. The Bertz CT molecular complexity index is 1340. The van der Waals surface area contributed by atoms with Gasteiger partial charge in [0.25, 0.3) is 11.6 Å². The van der Waals surface area contributed by atoms with Crippen LogP contribution in [0.2, 0.25) is 0 Å². The molecule has 2 aliphatic rings. The lowest BCUT2D eigenvalue weighted by atomic mass is 9.94. The number of hydrogen-bond acceptors (Lipinski definition) is 6. The van der Waals surface area contributed by atoms with Crippen molar-refractivity contribution < 1.29 is 14.1 Å². The molecule has 1 aliphatic carbocycles. The number of carbonyl (C=O) groups is 1. The molecule has 0 bridgehead atoms. The molecule has 1 aliphatic heterocycles. The summed E-state index contributed by atoms with van der Waals surface area (Å²) >= 11 is 1.37. The second kappa shape index (κ2) is 10.5. The van der Waals surface area contributed by atoms with E-state index < -0.39 is 4.92 Å². The summed E-state index contributed by atoms with van der Waals surface area (Å²) < 4.78 is 5.95. The van der Waals surface area contributed by atoms with Gasteiger partial charge < -0.3 is 4.42 Å². The highest BCUT2D eigenvalue weighted by atomic mass is 32.2. The minimum absolute atomic E-state index is 0.00118. The number of hydrogen-bond donors (Lipinski definition) is 0. The first kappa shape index (κ1) is 24.1. The summed E-state index contributed by atoms with van der Waals surface area (Å²) in [6.45, 7) is 2.12. The predicted octanol–water partition coefficient (Wildman–Crippen LogP) is 7.35. The van der Waals surface area contributed by atoms with Crippen LogP contribution in [0.3, 0.4) is 0 Å². The zero-order valence-electron chi connectivity index (χ0n) is 20.1. The van der Waals surface area contributed by atoms with Gasteiger partial charge in [0.15, 0.2) is 5.17 Å². The van der Waals surface area contributed by atoms with E-state index in [0.717, 1.165) is 37.8 Å². The number of amides is 1. The zero-order chi connectivity index (χ0) is 25.1. The predicted molar refractivity (Wildman–Crippen MR) is 143 cm³/mol. The van der Waals surface area contributed by atoms with E-state index in [1.807, 2.05) is 17.0 Å². The summed E-state index contributed by atoms with van der Waals surface area (Å²) in [5, 5.41) is 11.8. The third-order valence-corrected chi connectivity index (χ3v) is 7.57. The summed E-state index contributed by atoms with van der Waals surface area (Å²) in [6, 6.07) is 18.1. The first-order chi connectivity index (χ1) is 17.5. The van der Waals surface area contributed by atoms with Gasteiger partial charge >= 0.3 is 0 Å². The molecule has 7 nitrogen and oxygen atoms in total. The van der Waals surface area contributed by atoms with Gasteiger partial charge in [-0.3, -0.25) is 19.8 Å². The zero-order valence-corrected chi connectivity index (χ0v) is 20.9. The number of rotatable bonds is 6. The summed E-state index contributed by atoms with van der Waals surface area (Å²) in [5.74, 6) is 0.976. The van der Waals surface area contributed by atoms with Crippen LogP contribution in [0.15, 0.2) is 75.0 Å². The molecular formula is C28H27N3O4S. The fraction of sp³-hybridized carbons (Fsp3) is 0.286. The van der Waals surface area contributed by atoms with Crippen molar-refractivity contribution in [3.8, 4) is 11.3 Å². The number of nitro benzene ring substituents is 1. The molecule has 36 heavy (non-hydrogen) atoms. The molecule has 0 N–H and O–H groups in total. The molecule has 1 amide bonds.